The van der Waals surface area contributed by atoms with Crippen molar-refractivity contribution in [2.75, 3.05) is 6.50 Å². The summed E-state index contributed by atoms with van der Waals surface area (Å²) in [5, 5.41) is -0.824. The zero-order valence-corrected chi connectivity index (χ0v) is 12.1. The molecule has 1 aromatic heterocycles. The van der Waals surface area contributed by atoms with Crippen molar-refractivity contribution in [3.63, 3.8) is 0 Å². The molecule has 0 saturated carbocycles. The summed E-state index contributed by atoms with van der Waals surface area (Å²) in [7, 11) is 0. The van der Waals surface area contributed by atoms with E-state index in [2.05, 4.69) is 0 Å². The summed E-state index contributed by atoms with van der Waals surface area (Å²) in [6.07, 6.45) is -10.1. The van der Waals surface area contributed by atoms with Crippen LogP contribution in [0.3, 0.4) is 0 Å². The zero-order chi connectivity index (χ0) is 29.3. The molecule has 0 bridgehead atoms. The van der Waals surface area contributed by atoms with Crippen LogP contribution in [0, 0.1) is 0 Å². The van der Waals surface area contributed by atoms with Crippen LogP contribution in [0.2, 0.25) is 1.41 Å². The Morgan fingerprint density at radius 1 is 1.41 bits per heavy atom. The molecular weight excluding hydrogens is 290 g/mol. The van der Waals surface area contributed by atoms with E-state index < -0.39 is 106 Å². The molecule has 3 heteroatoms. The molecule has 1 N–H and O–H groups in total. The molecule has 4 rings (SSSR count). The molecular formula is C19H19NOS. The Morgan fingerprint density at radius 3 is 3.18 bits per heavy atom. The lowest BCUT2D eigenvalue weighted by Gasteiger charge is -2.26. The second-order valence-electron chi connectivity index (χ2n) is 4.55. The summed E-state index contributed by atoms with van der Waals surface area (Å²) >= 11 is 0.306. The van der Waals surface area contributed by atoms with Crippen molar-refractivity contribution < 1.29 is 26.8 Å². The average molecular weight is 326 g/mol. The van der Waals surface area contributed by atoms with Crippen molar-refractivity contribution >= 4 is 22.7 Å². The van der Waals surface area contributed by atoms with Gasteiger partial charge in [0.05, 0.1) is 13.1 Å². The summed E-state index contributed by atoms with van der Waals surface area (Å²) < 4.78 is 135. The number of nitrogens with one attached hydrogen (secondary N) is 1. The molecule has 0 radical (unpaired) electrons. The van der Waals surface area contributed by atoms with Gasteiger partial charge in [0, 0.05) is 30.3 Å². The normalized spacial score (nSPS) is 48.5. The molecule has 112 valence electrons. The third-order valence-corrected chi connectivity index (χ3v) is 3.95. The first-order valence-corrected chi connectivity index (χ1v) is 7.13. The summed E-state index contributed by atoms with van der Waals surface area (Å²) in [4.78, 5) is 12.8. The van der Waals surface area contributed by atoms with Crippen molar-refractivity contribution in [2.45, 2.75) is 32.1 Å². The van der Waals surface area contributed by atoms with Gasteiger partial charge in [0.25, 0.3) is 0 Å². The Bertz CT molecular complexity index is 1430. The van der Waals surface area contributed by atoms with Gasteiger partial charge in [-0.3, -0.25) is 4.79 Å². The van der Waals surface area contributed by atoms with Crippen molar-refractivity contribution in [1.29, 1.82) is 0 Å². The molecule has 0 amide bonds. The molecule has 1 aliphatic heterocycles. The van der Waals surface area contributed by atoms with Gasteiger partial charge in [0.1, 0.15) is 1.41 Å². The van der Waals surface area contributed by atoms with E-state index in [0.717, 1.165) is 6.92 Å². The summed E-state index contributed by atoms with van der Waals surface area (Å²) in [6.45, 7) is -2.64. The number of rotatable bonds is 0. The maximum Gasteiger partial charge on any atom is 0.177 e. The monoisotopic (exact) mass is 325 g/mol. The number of carbonyl (C=O) groups is 1. The molecule has 1 atom stereocenters. The summed E-state index contributed by atoms with van der Waals surface area (Å²) in [6, 6.07) is -7.61. The lowest BCUT2D eigenvalue weighted by molar-refractivity contribution is 0.0997. The fourth-order valence-electron chi connectivity index (χ4n) is 2.24. The minimum Gasteiger partial charge on any atom is -0.314 e. The number of Topliss-reactive ketones (excluding diaryl/α,β-unsaturated/α-hetero) is 1. The standard InChI is InChI=1S/C19H19NOS/c1-12-10-14(6-8-20-12)18-15-5-3-2-4-13(15)11-17(21)19-16(18)7-9-22-19/h2-5,7,9,12,20H,6,8,10-11H2,1H3/b18-14-/i2D,3D,4D,5D,6D2,7D,8D2,9D,10D2,11D2,12D/hD. The smallest absolute Gasteiger partial charge is 0.177 e. The Balaban J connectivity index is 2.46. The quantitative estimate of drug-likeness (QED) is 0.791. The zero-order valence-electron chi connectivity index (χ0n) is 27.3. The molecule has 2 aromatic rings. The second kappa shape index (κ2) is 5.49. The molecule has 2 heterocycles. The van der Waals surface area contributed by atoms with Crippen LogP contribution in [0.25, 0.3) is 5.57 Å². The molecule has 2 nitrogen and oxygen atoms in total. The summed E-state index contributed by atoms with van der Waals surface area (Å²) in [5.74, 6) is -1.41. The van der Waals surface area contributed by atoms with Crippen LogP contribution >= 0.6 is 11.3 Å². The van der Waals surface area contributed by atoms with Crippen LogP contribution in [0.1, 0.15) is 66.6 Å². The van der Waals surface area contributed by atoms with Gasteiger partial charge in [-0.05, 0) is 54.3 Å². The highest BCUT2D eigenvalue weighted by molar-refractivity contribution is 7.12. The van der Waals surface area contributed by atoms with Crippen molar-refractivity contribution in [3.05, 3.63) is 62.7 Å². The first-order valence-electron chi connectivity index (χ1n) is 14.3. The number of fused-ring (bicyclic) bond motifs is 2. The van der Waals surface area contributed by atoms with Crippen molar-refractivity contribution in [1.82, 2.24) is 5.31 Å². The molecule has 1 fully saturated rings. The number of hydrogen-bond acceptors (Lipinski definition) is 3. The van der Waals surface area contributed by atoms with Gasteiger partial charge in [-0.2, -0.15) is 0 Å². The van der Waals surface area contributed by atoms with Crippen LogP contribution in [0.15, 0.2) is 41.1 Å². The van der Waals surface area contributed by atoms with Crippen LogP contribution in [0.5, 0.6) is 0 Å². The van der Waals surface area contributed by atoms with E-state index in [1.54, 1.807) is 0 Å². The van der Waals surface area contributed by atoms with Gasteiger partial charge in [0.15, 0.2) is 5.78 Å². The molecule has 0 spiro atoms. The van der Waals surface area contributed by atoms with E-state index >= 15 is 0 Å². The lowest BCUT2D eigenvalue weighted by Crippen LogP contribution is -2.32. The fourth-order valence-corrected chi connectivity index (χ4v) is 2.90. The number of carbonyl (C=O) groups excluding carboxylic acids is 1. The predicted molar refractivity (Wildman–Crippen MR) is 91.5 cm³/mol. The number of thiophene rings is 1. The van der Waals surface area contributed by atoms with Crippen LogP contribution in [0.4, 0.5) is 0 Å². The Labute approximate surface area is 157 Å². The van der Waals surface area contributed by atoms with Gasteiger partial charge in [-0.15, -0.1) is 11.3 Å². The van der Waals surface area contributed by atoms with Crippen molar-refractivity contribution in [2.24, 2.45) is 0 Å². The minimum absolute atomic E-state index is 0.210. The highest BCUT2D eigenvalue weighted by atomic mass is 32.1. The van der Waals surface area contributed by atoms with Crippen LogP contribution in [-0.4, -0.2) is 18.3 Å². The Kier molecular flexibility index (Phi) is 1.22. The largest absolute Gasteiger partial charge is 0.314 e. The van der Waals surface area contributed by atoms with Gasteiger partial charge in [0.2, 0.25) is 0 Å². The van der Waals surface area contributed by atoms with Gasteiger partial charge in [-0.25, -0.2) is 0 Å². The molecule has 1 saturated heterocycles. The van der Waals surface area contributed by atoms with Gasteiger partial charge < -0.3 is 5.31 Å². The molecule has 2 aliphatic rings. The van der Waals surface area contributed by atoms with Gasteiger partial charge >= 0.3 is 0 Å². The van der Waals surface area contributed by atoms with E-state index in [1.165, 1.54) is 0 Å². The maximum absolute atomic E-state index is 13.5. The Hall–Kier alpha value is -1.71. The average Bonchev–Trinajstić information content (AvgIpc) is 3.06. The van der Waals surface area contributed by atoms with E-state index in [4.69, 9.17) is 22.0 Å². The van der Waals surface area contributed by atoms with Gasteiger partial charge in [-0.1, -0.05) is 29.7 Å². The minimum atomic E-state index is -3.53. The van der Waals surface area contributed by atoms with E-state index in [9.17, 15) is 4.79 Å². The lowest BCUT2D eigenvalue weighted by atomic mass is 9.86. The summed E-state index contributed by atoms with van der Waals surface area (Å²) in [5.41, 5.74) is -4.72. The molecule has 1 unspecified atom stereocenters. The number of hydrogen-bond donors (Lipinski definition) is 1. The highest BCUT2D eigenvalue weighted by Gasteiger charge is 2.27. The van der Waals surface area contributed by atoms with E-state index in [0.29, 0.717) is 11.3 Å². The maximum atomic E-state index is 13.5. The van der Waals surface area contributed by atoms with Crippen LogP contribution < -0.4 is 5.31 Å². The van der Waals surface area contributed by atoms with E-state index in [1.807, 2.05) is 0 Å². The number of benzene rings is 1. The first kappa shape index (κ1) is 4.89. The topological polar surface area (TPSA) is 29.1 Å². The first-order chi connectivity index (χ1) is 17.0. The molecule has 22 heavy (non-hydrogen) atoms. The number of piperidine rings is 1. The third kappa shape index (κ3) is 2.25. The van der Waals surface area contributed by atoms with E-state index in [-0.39, 0.29) is 5.31 Å². The Morgan fingerprint density at radius 2 is 2.27 bits per heavy atom. The predicted octanol–water partition coefficient (Wildman–Crippen LogP) is 4.06. The second-order valence-corrected chi connectivity index (χ2v) is 5.36. The fraction of sp³-hybridized carbons (Fsp3) is 0.316. The molecule has 1 aromatic carbocycles. The van der Waals surface area contributed by atoms with Crippen molar-refractivity contribution in [3.8, 4) is 0 Å². The van der Waals surface area contributed by atoms with Crippen LogP contribution in [-0.2, 0) is 6.37 Å². The number of ketones is 1. The molecule has 1 aliphatic carbocycles. The SMILES string of the molecule is [2H]c1sc2c(c1[2H])/C(=C1/C([2H])([2H])C([2H])([2H])N([2H])C([2H])(C)C1([2H])[2H])c1c([2H])c([2H])c([2H])c([2H])c1C([2H])([2H])C2=O. The highest BCUT2D eigenvalue weighted by Crippen LogP contribution is 2.40. The third-order valence-electron chi connectivity index (χ3n) is 3.15.